The molecule has 1 aliphatic carbocycles. The van der Waals surface area contributed by atoms with E-state index in [-0.39, 0.29) is 0 Å². The Morgan fingerprint density at radius 1 is 1.61 bits per heavy atom. The van der Waals surface area contributed by atoms with Crippen LogP contribution in [0.2, 0.25) is 0 Å². The van der Waals surface area contributed by atoms with Gasteiger partial charge in [-0.05, 0) is 53.7 Å². The molecule has 5 heteroatoms. The largest absolute Gasteiger partial charge is 0.445 e. The number of aryl methyl sites for hydroxylation is 2. The molecule has 2 aromatic heterocycles. The van der Waals surface area contributed by atoms with Crippen molar-refractivity contribution in [1.82, 2.24) is 10.3 Å². The zero-order chi connectivity index (χ0) is 12.5. The van der Waals surface area contributed by atoms with Crippen LogP contribution in [0.4, 0.5) is 0 Å². The van der Waals surface area contributed by atoms with Crippen molar-refractivity contribution in [1.29, 1.82) is 0 Å². The summed E-state index contributed by atoms with van der Waals surface area (Å²) in [6.45, 7) is 2.62. The fourth-order valence-electron chi connectivity index (χ4n) is 2.43. The van der Waals surface area contributed by atoms with Crippen molar-refractivity contribution in [3.05, 3.63) is 38.1 Å². The lowest BCUT2D eigenvalue weighted by Gasteiger charge is -2.23. The molecule has 1 aliphatic rings. The number of hydrogen-bond acceptors (Lipinski definition) is 4. The molecule has 0 fully saturated rings. The number of fused-ring (bicyclic) bond motifs is 1. The van der Waals surface area contributed by atoms with Crippen LogP contribution in [0.25, 0.3) is 0 Å². The molecule has 0 aliphatic heterocycles. The first-order valence-corrected chi connectivity index (χ1v) is 7.76. The van der Waals surface area contributed by atoms with E-state index in [1.165, 1.54) is 33.5 Å². The van der Waals surface area contributed by atoms with Gasteiger partial charge < -0.3 is 9.73 Å². The number of nitrogens with one attached hydrogen (secondary N) is 1. The fraction of sp³-hybridized carbons (Fsp3) is 0.462. The van der Waals surface area contributed by atoms with E-state index in [9.17, 15) is 0 Å². The third-order valence-corrected chi connectivity index (χ3v) is 4.97. The average Bonchev–Trinajstić information content (AvgIpc) is 2.91. The molecular weight excluding hydrogens is 312 g/mol. The van der Waals surface area contributed by atoms with Crippen LogP contribution in [0.15, 0.2) is 20.5 Å². The van der Waals surface area contributed by atoms with Crippen molar-refractivity contribution < 1.29 is 4.42 Å². The summed E-state index contributed by atoms with van der Waals surface area (Å²) in [6.07, 6.45) is 5.42. The van der Waals surface area contributed by atoms with E-state index in [4.69, 9.17) is 4.42 Å². The minimum atomic E-state index is 0.434. The lowest BCUT2D eigenvalue weighted by Crippen LogP contribution is -2.23. The van der Waals surface area contributed by atoms with Gasteiger partial charge in [-0.2, -0.15) is 0 Å². The Kier molecular flexibility index (Phi) is 3.54. The molecule has 18 heavy (non-hydrogen) atoms. The third kappa shape index (κ3) is 2.53. The number of aromatic nitrogens is 1. The Bertz CT molecular complexity index is 549. The molecular formula is C13H15BrN2OS. The molecule has 0 amide bonds. The van der Waals surface area contributed by atoms with Gasteiger partial charge >= 0.3 is 0 Å². The van der Waals surface area contributed by atoms with E-state index in [2.05, 4.69) is 32.3 Å². The van der Waals surface area contributed by atoms with Crippen molar-refractivity contribution in [2.75, 3.05) is 0 Å². The molecule has 3 nitrogen and oxygen atoms in total. The molecule has 0 saturated carbocycles. The maximum Gasteiger partial charge on any atom is 0.208 e. The van der Waals surface area contributed by atoms with Crippen LogP contribution in [0.5, 0.6) is 0 Å². The lowest BCUT2D eigenvalue weighted by atomic mass is 9.94. The number of thiophene rings is 1. The average molecular weight is 327 g/mol. The minimum Gasteiger partial charge on any atom is -0.445 e. The minimum absolute atomic E-state index is 0.434. The second-order valence-corrected chi connectivity index (χ2v) is 7.14. The first-order chi connectivity index (χ1) is 8.72. The van der Waals surface area contributed by atoms with E-state index in [1.54, 1.807) is 6.20 Å². The molecule has 0 saturated heterocycles. The van der Waals surface area contributed by atoms with Crippen LogP contribution < -0.4 is 5.32 Å². The van der Waals surface area contributed by atoms with Crippen LogP contribution in [0.1, 0.15) is 41.0 Å². The van der Waals surface area contributed by atoms with E-state index in [0.29, 0.717) is 12.6 Å². The maximum absolute atomic E-state index is 5.49. The van der Waals surface area contributed by atoms with Crippen LogP contribution in [0, 0.1) is 6.92 Å². The van der Waals surface area contributed by atoms with Crippen molar-refractivity contribution in [3.8, 4) is 0 Å². The SMILES string of the molecule is Cc1cnc(CNC2CCCc3sc(Br)cc32)o1. The van der Waals surface area contributed by atoms with E-state index in [1.807, 2.05) is 18.3 Å². The van der Waals surface area contributed by atoms with Gasteiger partial charge in [0.15, 0.2) is 0 Å². The number of hydrogen-bond donors (Lipinski definition) is 1. The molecule has 96 valence electrons. The molecule has 2 heterocycles. The highest BCUT2D eigenvalue weighted by atomic mass is 79.9. The number of oxazole rings is 1. The van der Waals surface area contributed by atoms with Gasteiger partial charge in [-0.1, -0.05) is 0 Å². The van der Waals surface area contributed by atoms with E-state index < -0.39 is 0 Å². The molecule has 0 spiro atoms. The summed E-state index contributed by atoms with van der Waals surface area (Å²) in [4.78, 5) is 5.73. The van der Waals surface area contributed by atoms with Crippen molar-refractivity contribution in [3.63, 3.8) is 0 Å². The molecule has 0 aromatic carbocycles. The Labute approximate surface area is 119 Å². The van der Waals surface area contributed by atoms with Gasteiger partial charge in [-0.3, -0.25) is 0 Å². The van der Waals surface area contributed by atoms with Crippen LogP contribution >= 0.6 is 27.3 Å². The molecule has 0 bridgehead atoms. The van der Waals surface area contributed by atoms with Gasteiger partial charge in [0.2, 0.25) is 5.89 Å². The van der Waals surface area contributed by atoms with Crippen LogP contribution in [-0.4, -0.2) is 4.98 Å². The third-order valence-electron chi connectivity index (χ3n) is 3.25. The monoisotopic (exact) mass is 326 g/mol. The number of nitrogens with zero attached hydrogens (tertiary/aromatic N) is 1. The number of rotatable bonds is 3. The predicted molar refractivity (Wildman–Crippen MR) is 75.8 cm³/mol. The Hall–Kier alpha value is -0.650. The van der Waals surface area contributed by atoms with Gasteiger partial charge in [0.05, 0.1) is 16.5 Å². The molecule has 1 unspecified atom stereocenters. The van der Waals surface area contributed by atoms with Crippen LogP contribution in [0.3, 0.4) is 0 Å². The zero-order valence-corrected chi connectivity index (χ0v) is 12.6. The van der Waals surface area contributed by atoms with Gasteiger partial charge in [0.25, 0.3) is 0 Å². The van der Waals surface area contributed by atoms with Gasteiger partial charge in [0, 0.05) is 10.9 Å². The zero-order valence-electron chi connectivity index (χ0n) is 10.2. The van der Waals surface area contributed by atoms with Gasteiger partial charge in [-0.25, -0.2) is 4.98 Å². The molecule has 1 atom stereocenters. The Balaban J connectivity index is 1.70. The second kappa shape index (κ2) is 5.15. The summed E-state index contributed by atoms with van der Waals surface area (Å²) in [6, 6.07) is 2.68. The van der Waals surface area contributed by atoms with Gasteiger partial charge in [0.1, 0.15) is 5.76 Å². The Morgan fingerprint density at radius 3 is 3.28 bits per heavy atom. The summed E-state index contributed by atoms with van der Waals surface area (Å²) >= 11 is 5.44. The maximum atomic E-state index is 5.49. The first kappa shape index (κ1) is 12.4. The summed E-state index contributed by atoms with van der Waals surface area (Å²) < 4.78 is 6.72. The smallest absolute Gasteiger partial charge is 0.208 e. The van der Waals surface area contributed by atoms with Crippen LogP contribution in [-0.2, 0) is 13.0 Å². The predicted octanol–water partition coefficient (Wildman–Crippen LogP) is 3.97. The van der Waals surface area contributed by atoms with Crippen molar-refractivity contribution in [2.24, 2.45) is 0 Å². The molecule has 0 radical (unpaired) electrons. The fourth-order valence-corrected chi connectivity index (χ4v) is 4.25. The standard InChI is InChI=1S/C13H15BrN2OS/c1-8-6-16-13(17-8)7-15-10-3-2-4-11-9(10)5-12(14)18-11/h5-6,10,15H,2-4,7H2,1H3. The highest BCUT2D eigenvalue weighted by Gasteiger charge is 2.22. The Morgan fingerprint density at radius 2 is 2.50 bits per heavy atom. The van der Waals surface area contributed by atoms with Crippen molar-refractivity contribution in [2.45, 2.75) is 38.8 Å². The van der Waals surface area contributed by atoms with E-state index >= 15 is 0 Å². The summed E-state index contributed by atoms with van der Waals surface area (Å²) in [7, 11) is 0. The first-order valence-electron chi connectivity index (χ1n) is 6.15. The lowest BCUT2D eigenvalue weighted by molar-refractivity contribution is 0.402. The molecule has 2 aromatic rings. The number of halogens is 1. The normalized spacial score (nSPS) is 18.9. The summed E-state index contributed by atoms with van der Waals surface area (Å²) in [5.74, 6) is 1.64. The highest BCUT2D eigenvalue weighted by molar-refractivity contribution is 9.11. The quantitative estimate of drug-likeness (QED) is 0.927. The van der Waals surface area contributed by atoms with Gasteiger partial charge in [-0.15, -0.1) is 11.3 Å². The van der Waals surface area contributed by atoms with E-state index in [0.717, 1.165) is 11.7 Å². The summed E-state index contributed by atoms with van der Waals surface area (Å²) in [5.41, 5.74) is 1.45. The topological polar surface area (TPSA) is 38.1 Å². The molecule has 3 rings (SSSR count). The van der Waals surface area contributed by atoms with Crippen molar-refractivity contribution >= 4 is 27.3 Å². The second-order valence-electron chi connectivity index (χ2n) is 4.62. The highest BCUT2D eigenvalue weighted by Crippen LogP contribution is 2.37. The molecule has 1 N–H and O–H groups in total. The summed E-state index contributed by atoms with van der Waals surface area (Å²) in [5, 5.41) is 3.55.